The number of carbonyl (C=O) groups is 1. The summed E-state index contributed by atoms with van der Waals surface area (Å²) in [6, 6.07) is 7.62. The second-order valence-electron chi connectivity index (χ2n) is 4.69. The maximum absolute atomic E-state index is 12.1. The molecule has 3 heteroatoms. The number of benzene rings is 1. The molecule has 0 spiro atoms. The number of rotatable bonds is 3. The number of aromatic nitrogens is 2. The first-order valence-corrected chi connectivity index (χ1v) is 6.01. The summed E-state index contributed by atoms with van der Waals surface area (Å²) in [4.78, 5) is 20.2. The zero-order chi connectivity index (χ0) is 13.1. The van der Waals surface area contributed by atoms with Crippen LogP contribution in [0.5, 0.6) is 0 Å². The monoisotopic (exact) mass is 240 g/mol. The highest BCUT2D eigenvalue weighted by Crippen LogP contribution is 2.15. The van der Waals surface area contributed by atoms with Gasteiger partial charge in [0.25, 0.3) is 0 Å². The van der Waals surface area contributed by atoms with Gasteiger partial charge >= 0.3 is 0 Å². The highest BCUT2D eigenvalue weighted by atomic mass is 16.1. The van der Waals surface area contributed by atoms with Gasteiger partial charge < -0.3 is 0 Å². The van der Waals surface area contributed by atoms with Gasteiger partial charge in [0, 0.05) is 18.0 Å². The molecule has 0 unspecified atom stereocenters. The maximum Gasteiger partial charge on any atom is 0.230 e. The highest BCUT2D eigenvalue weighted by Gasteiger charge is 2.11. The second kappa shape index (κ2) is 5.08. The van der Waals surface area contributed by atoms with Crippen LogP contribution < -0.4 is 0 Å². The molecule has 0 saturated carbocycles. The molecule has 1 aromatic carbocycles. The van der Waals surface area contributed by atoms with E-state index in [0.717, 1.165) is 5.56 Å². The first-order chi connectivity index (χ1) is 8.58. The lowest BCUT2D eigenvalue weighted by Crippen LogP contribution is -2.07. The first-order valence-electron chi connectivity index (χ1n) is 6.01. The van der Waals surface area contributed by atoms with Crippen LogP contribution in [0.2, 0.25) is 0 Å². The fraction of sp³-hybridized carbons (Fsp3) is 0.267. The number of nitrogens with zero attached hydrogens (tertiary/aromatic N) is 2. The van der Waals surface area contributed by atoms with Crippen molar-refractivity contribution in [2.24, 2.45) is 0 Å². The predicted octanol–water partition coefficient (Wildman–Crippen LogP) is 3.14. The molecule has 0 aliphatic heterocycles. The van der Waals surface area contributed by atoms with E-state index in [1.807, 2.05) is 31.2 Å². The van der Waals surface area contributed by atoms with Gasteiger partial charge in [-0.3, -0.25) is 4.79 Å². The molecule has 92 valence electrons. The van der Waals surface area contributed by atoms with Crippen LogP contribution in [0.3, 0.4) is 0 Å². The largest absolute Gasteiger partial charge is 0.285 e. The second-order valence-corrected chi connectivity index (χ2v) is 4.69. The van der Waals surface area contributed by atoms with Gasteiger partial charge in [0.1, 0.15) is 0 Å². The van der Waals surface area contributed by atoms with Crippen LogP contribution in [0.15, 0.2) is 36.7 Å². The number of hydrogen-bond acceptors (Lipinski definition) is 3. The van der Waals surface area contributed by atoms with E-state index in [0.29, 0.717) is 11.5 Å². The molecular formula is C15H16N2O. The molecule has 0 fully saturated rings. The third-order valence-electron chi connectivity index (χ3n) is 2.82. The molecule has 0 amide bonds. The number of hydrogen-bond donors (Lipinski definition) is 0. The summed E-state index contributed by atoms with van der Waals surface area (Å²) in [5, 5.41) is 0. The minimum Gasteiger partial charge on any atom is -0.285 e. The topological polar surface area (TPSA) is 42.9 Å². The van der Waals surface area contributed by atoms with Crippen molar-refractivity contribution in [3.63, 3.8) is 0 Å². The van der Waals surface area contributed by atoms with E-state index in [1.54, 1.807) is 12.4 Å². The third kappa shape index (κ3) is 2.62. The molecule has 0 saturated heterocycles. The Bertz CT molecular complexity index is 542. The zero-order valence-corrected chi connectivity index (χ0v) is 10.8. The van der Waals surface area contributed by atoms with Crippen molar-refractivity contribution in [1.29, 1.82) is 0 Å². The van der Waals surface area contributed by atoms with Crippen LogP contribution in [0.25, 0.3) is 0 Å². The molecule has 1 heterocycles. The predicted molar refractivity (Wildman–Crippen MR) is 70.7 cm³/mol. The van der Waals surface area contributed by atoms with Gasteiger partial charge in [-0.15, -0.1) is 0 Å². The van der Waals surface area contributed by atoms with E-state index in [-0.39, 0.29) is 11.6 Å². The molecule has 0 radical (unpaired) electrons. The lowest BCUT2D eigenvalue weighted by molar-refractivity contribution is 0.102. The van der Waals surface area contributed by atoms with E-state index in [4.69, 9.17) is 0 Å². The van der Waals surface area contributed by atoms with Gasteiger partial charge in [-0.2, -0.15) is 0 Å². The van der Waals surface area contributed by atoms with Crippen LogP contribution in [0, 0.1) is 6.92 Å². The van der Waals surface area contributed by atoms with Crippen LogP contribution >= 0.6 is 0 Å². The van der Waals surface area contributed by atoms with Crippen LogP contribution in [-0.4, -0.2) is 15.8 Å². The smallest absolute Gasteiger partial charge is 0.230 e. The van der Waals surface area contributed by atoms with Crippen LogP contribution in [0.1, 0.15) is 47.1 Å². The Morgan fingerprint density at radius 3 is 2.11 bits per heavy atom. The van der Waals surface area contributed by atoms with Gasteiger partial charge in [-0.1, -0.05) is 38.1 Å². The first kappa shape index (κ1) is 12.4. The van der Waals surface area contributed by atoms with E-state index in [1.165, 1.54) is 5.56 Å². The molecule has 0 aliphatic carbocycles. The fourth-order valence-electron chi connectivity index (χ4n) is 1.66. The summed E-state index contributed by atoms with van der Waals surface area (Å²) in [6.07, 6.45) is 3.31. The minimum absolute atomic E-state index is 0.134. The summed E-state index contributed by atoms with van der Waals surface area (Å²) in [5.74, 6) is 0.577. The van der Waals surface area contributed by atoms with Crippen molar-refractivity contribution >= 4 is 5.78 Å². The quantitative estimate of drug-likeness (QED) is 0.774. The lowest BCUT2D eigenvalue weighted by Gasteiger charge is -2.05. The Morgan fingerprint density at radius 1 is 1.06 bits per heavy atom. The van der Waals surface area contributed by atoms with Gasteiger partial charge in [-0.05, 0) is 24.0 Å². The van der Waals surface area contributed by atoms with Gasteiger partial charge in [0.2, 0.25) is 11.6 Å². The summed E-state index contributed by atoms with van der Waals surface area (Å²) >= 11 is 0. The molecule has 0 bridgehead atoms. The fourth-order valence-corrected chi connectivity index (χ4v) is 1.66. The van der Waals surface area contributed by atoms with Gasteiger partial charge in [0.05, 0.1) is 0 Å². The number of ketones is 1. The Balaban J connectivity index is 2.26. The van der Waals surface area contributed by atoms with E-state index in [2.05, 4.69) is 23.8 Å². The third-order valence-corrected chi connectivity index (χ3v) is 2.82. The average Bonchev–Trinajstić information content (AvgIpc) is 2.39. The zero-order valence-electron chi connectivity index (χ0n) is 10.8. The van der Waals surface area contributed by atoms with E-state index < -0.39 is 0 Å². The molecule has 18 heavy (non-hydrogen) atoms. The molecule has 1 aromatic heterocycles. The van der Waals surface area contributed by atoms with Crippen LogP contribution in [0.4, 0.5) is 0 Å². The highest BCUT2D eigenvalue weighted by molar-refractivity contribution is 6.06. The van der Waals surface area contributed by atoms with Gasteiger partial charge in [0.15, 0.2) is 0 Å². The van der Waals surface area contributed by atoms with E-state index >= 15 is 0 Å². The van der Waals surface area contributed by atoms with Crippen molar-refractivity contribution in [3.8, 4) is 0 Å². The number of aryl methyl sites for hydroxylation is 1. The normalized spacial score (nSPS) is 10.7. The maximum atomic E-state index is 12.1. The van der Waals surface area contributed by atoms with Crippen molar-refractivity contribution < 1.29 is 4.79 Å². The molecule has 0 atom stereocenters. The standard InChI is InChI=1S/C15H16N2O/c1-10(2)12-4-6-13(7-5-12)14(18)15-16-8-11(3)9-17-15/h4-10H,1-3H3. The minimum atomic E-state index is -0.134. The Labute approximate surface area is 107 Å². The molecule has 2 aromatic rings. The van der Waals surface area contributed by atoms with Gasteiger partial charge in [-0.25, -0.2) is 9.97 Å². The van der Waals surface area contributed by atoms with E-state index in [9.17, 15) is 4.79 Å². The lowest BCUT2D eigenvalue weighted by atomic mass is 10.0. The molecule has 0 aliphatic rings. The molecule has 0 N–H and O–H groups in total. The Hall–Kier alpha value is -2.03. The Kier molecular flexibility index (Phi) is 3.51. The average molecular weight is 240 g/mol. The summed E-state index contributed by atoms with van der Waals surface area (Å²) in [6.45, 7) is 6.14. The van der Waals surface area contributed by atoms with Crippen LogP contribution in [-0.2, 0) is 0 Å². The number of carbonyl (C=O) groups excluding carboxylic acids is 1. The SMILES string of the molecule is Cc1cnc(C(=O)c2ccc(C(C)C)cc2)nc1. The summed E-state index contributed by atoms with van der Waals surface area (Å²) in [5.41, 5.74) is 2.79. The van der Waals surface area contributed by atoms with Crippen molar-refractivity contribution in [1.82, 2.24) is 9.97 Å². The summed E-state index contributed by atoms with van der Waals surface area (Å²) < 4.78 is 0. The molecule has 2 rings (SSSR count). The molecular weight excluding hydrogens is 224 g/mol. The molecule has 3 nitrogen and oxygen atoms in total. The van der Waals surface area contributed by atoms with Crippen molar-refractivity contribution in [3.05, 3.63) is 59.2 Å². The summed E-state index contributed by atoms with van der Waals surface area (Å²) in [7, 11) is 0. The Morgan fingerprint density at radius 2 is 1.61 bits per heavy atom. The van der Waals surface area contributed by atoms with Crippen molar-refractivity contribution in [2.45, 2.75) is 26.7 Å². The van der Waals surface area contributed by atoms with Crippen molar-refractivity contribution in [2.75, 3.05) is 0 Å².